The normalized spacial score (nSPS) is 28.1. The van der Waals surface area contributed by atoms with Crippen molar-refractivity contribution in [2.45, 2.75) is 24.5 Å². The zero-order valence-corrected chi connectivity index (χ0v) is 17.3. The number of fused-ring (bicyclic) bond motifs is 4. The largest absolute Gasteiger partial charge is 0.496 e. The van der Waals surface area contributed by atoms with Gasteiger partial charge in [0, 0.05) is 29.3 Å². The number of nitrogens with two attached hydrogens (primary N) is 1. The first-order valence-corrected chi connectivity index (χ1v) is 10.3. The van der Waals surface area contributed by atoms with E-state index in [4.69, 9.17) is 10.5 Å². The highest BCUT2D eigenvalue weighted by molar-refractivity contribution is 6.15. The van der Waals surface area contributed by atoms with Gasteiger partial charge in [-0.3, -0.25) is 29.4 Å². The van der Waals surface area contributed by atoms with Crippen LogP contribution in [0, 0.1) is 11.8 Å². The quantitative estimate of drug-likeness (QED) is 0.587. The lowest BCUT2D eigenvalue weighted by Crippen LogP contribution is -2.53. The number of rotatable bonds is 5. The van der Waals surface area contributed by atoms with E-state index in [-0.39, 0.29) is 13.0 Å². The fourth-order valence-corrected chi connectivity index (χ4v) is 5.37. The third kappa shape index (κ3) is 2.67. The van der Waals surface area contributed by atoms with E-state index in [9.17, 15) is 19.2 Å². The van der Waals surface area contributed by atoms with Crippen molar-refractivity contribution in [3.63, 3.8) is 0 Å². The number of ether oxygens (including phenoxy) is 1. The van der Waals surface area contributed by atoms with Crippen LogP contribution < -0.4 is 21.1 Å². The minimum Gasteiger partial charge on any atom is -0.496 e. The van der Waals surface area contributed by atoms with Gasteiger partial charge in [-0.05, 0) is 12.1 Å². The van der Waals surface area contributed by atoms with Crippen LogP contribution in [0.1, 0.15) is 17.5 Å². The molecule has 0 bridgehead atoms. The van der Waals surface area contributed by atoms with Crippen molar-refractivity contribution in [3.05, 3.63) is 59.7 Å². The van der Waals surface area contributed by atoms with E-state index in [1.54, 1.807) is 48.5 Å². The number of nitrogens with one attached hydrogen (secondary N) is 2. The molecule has 3 aliphatic rings. The SMILES string of the molecule is COc1ccccc1CN1C(=O)[C@@H]2[C@@H](C1=O)[C@@]1(N[C@@H]2CC(N)=O)C(=O)Nc2ccccc21. The van der Waals surface area contributed by atoms with Crippen molar-refractivity contribution in [3.8, 4) is 5.75 Å². The summed E-state index contributed by atoms with van der Waals surface area (Å²) >= 11 is 0. The number of nitrogens with zero attached hydrogens (tertiary/aromatic N) is 1. The van der Waals surface area contributed by atoms with Gasteiger partial charge in [-0.1, -0.05) is 36.4 Å². The van der Waals surface area contributed by atoms with E-state index in [1.165, 1.54) is 7.11 Å². The van der Waals surface area contributed by atoms with Gasteiger partial charge in [0.1, 0.15) is 11.3 Å². The molecule has 2 fully saturated rings. The van der Waals surface area contributed by atoms with Crippen LogP contribution in [0.4, 0.5) is 5.69 Å². The van der Waals surface area contributed by atoms with Crippen molar-refractivity contribution in [1.29, 1.82) is 0 Å². The number of hydrogen-bond donors (Lipinski definition) is 3. The first-order valence-electron chi connectivity index (χ1n) is 10.3. The maximum atomic E-state index is 13.7. The third-order valence-electron chi connectivity index (χ3n) is 6.66. The van der Waals surface area contributed by atoms with Crippen LogP contribution in [0.25, 0.3) is 0 Å². The van der Waals surface area contributed by atoms with Crippen molar-refractivity contribution < 1.29 is 23.9 Å². The Morgan fingerprint density at radius 2 is 1.81 bits per heavy atom. The number of hydrogen-bond acceptors (Lipinski definition) is 6. The molecule has 4 amide bonds. The zero-order valence-electron chi connectivity index (χ0n) is 17.3. The van der Waals surface area contributed by atoms with Crippen LogP contribution in [0.15, 0.2) is 48.5 Å². The minimum absolute atomic E-state index is 0.0112. The first kappa shape index (κ1) is 20.2. The minimum atomic E-state index is -1.44. The number of anilines is 1. The van der Waals surface area contributed by atoms with Crippen LogP contribution in [0.2, 0.25) is 0 Å². The lowest BCUT2D eigenvalue weighted by molar-refractivity contribution is -0.143. The van der Waals surface area contributed by atoms with Gasteiger partial charge < -0.3 is 15.8 Å². The van der Waals surface area contributed by atoms with E-state index >= 15 is 0 Å². The molecule has 0 aliphatic carbocycles. The number of imide groups is 1. The number of primary amides is 1. The van der Waals surface area contributed by atoms with Crippen molar-refractivity contribution in [2.75, 3.05) is 12.4 Å². The number of methoxy groups -OCH3 is 1. The summed E-state index contributed by atoms with van der Waals surface area (Å²) < 4.78 is 5.36. The van der Waals surface area contributed by atoms with Crippen molar-refractivity contribution >= 4 is 29.3 Å². The Labute approximate surface area is 183 Å². The van der Waals surface area contributed by atoms with Crippen LogP contribution >= 0.6 is 0 Å². The van der Waals surface area contributed by atoms with E-state index in [1.807, 2.05) is 0 Å². The second-order valence-corrected chi connectivity index (χ2v) is 8.31. The molecule has 4 atom stereocenters. The summed E-state index contributed by atoms with van der Waals surface area (Å²) in [4.78, 5) is 53.4. The van der Waals surface area contributed by atoms with E-state index in [2.05, 4.69) is 10.6 Å². The molecular weight excluding hydrogens is 412 g/mol. The summed E-state index contributed by atoms with van der Waals surface area (Å²) in [5.74, 6) is -3.25. The topological polar surface area (TPSA) is 131 Å². The lowest BCUT2D eigenvalue weighted by atomic mass is 9.76. The van der Waals surface area contributed by atoms with Gasteiger partial charge in [-0.15, -0.1) is 0 Å². The maximum Gasteiger partial charge on any atom is 0.250 e. The molecule has 0 aromatic heterocycles. The molecule has 164 valence electrons. The van der Waals surface area contributed by atoms with E-state index in [0.717, 1.165) is 4.90 Å². The van der Waals surface area contributed by atoms with Crippen LogP contribution in [-0.4, -0.2) is 41.7 Å². The van der Waals surface area contributed by atoms with Crippen LogP contribution in [0.5, 0.6) is 5.75 Å². The Morgan fingerprint density at radius 3 is 2.56 bits per heavy atom. The van der Waals surface area contributed by atoms with Crippen LogP contribution in [-0.2, 0) is 31.3 Å². The summed E-state index contributed by atoms with van der Waals surface area (Å²) in [6, 6.07) is 13.4. The standard InChI is InChI=1S/C23H22N4O5/c1-32-16-9-5-2-6-12(16)11-27-20(29)18-15(10-17(24)28)26-23(19(18)21(27)30)13-7-3-4-8-14(13)25-22(23)31/h2-9,15,18-19,26H,10-11H2,1H3,(H2,24,28)(H,25,31)/t15-,18+,19+,23-/m1/s1. The molecule has 2 saturated heterocycles. The van der Waals surface area contributed by atoms with Crippen molar-refractivity contribution in [1.82, 2.24) is 10.2 Å². The van der Waals surface area contributed by atoms with Gasteiger partial charge in [-0.25, -0.2) is 0 Å². The molecule has 3 heterocycles. The Hall–Kier alpha value is -3.72. The average molecular weight is 434 g/mol. The van der Waals surface area contributed by atoms with Gasteiger partial charge in [0.05, 0.1) is 25.5 Å². The van der Waals surface area contributed by atoms with E-state index < -0.39 is 47.0 Å². The number of amides is 4. The molecule has 5 rings (SSSR count). The monoisotopic (exact) mass is 434 g/mol. The molecule has 0 saturated carbocycles. The van der Waals surface area contributed by atoms with Gasteiger partial charge >= 0.3 is 0 Å². The molecule has 9 heteroatoms. The molecular formula is C23H22N4O5. The van der Waals surface area contributed by atoms with Gasteiger partial charge in [-0.2, -0.15) is 0 Å². The number of benzene rings is 2. The Balaban J connectivity index is 1.60. The number of carbonyl (C=O) groups is 4. The highest BCUT2D eigenvalue weighted by Gasteiger charge is 2.70. The second-order valence-electron chi connectivity index (χ2n) is 8.31. The molecule has 0 unspecified atom stereocenters. The second kappa shape index (κ2) is 7.16. The molecule has 32 heavy (non-hydrogen) atoms. The molecule has 0 radical (unpaired) electrons. The highest BCUT2D eigenvalue weighted by Crippen LogP contribution is 2.53. The van der Waals surface area contributed by atoms with Crippen LogP contribution in [0.3, 0.4) is 0 Å². The van der Waals surface area contributed by atoms with Crippen molar-refractivity contribution in [2.24, 2.45) is 17.6 Å². The maximum absolute atomic E-state index is 13.7. The number of carbonyl (C=O) groups excluding carboxylic acids is 4. The Kier molecular flexibility index (Phi) is 4.52. The summed E-state index contributed by atoms with van der Waals surface area (Å²) in [5, 5.41) is 5.98. The fraction of sp³-hybridized carbons (Fsp3) is 0.304. The van der Waals surface area contributed by atoms with Gasteiger partial charge in [0.25, 0.3) is 0 Å². The number of likely N-dealkylation sites (tertiary alicyclic amines) is 1. The first-order chi connectivity index (χ1) is 15.4. The summed E-state index contributed by atoms with van der Waals surface area (Å²) in [7, 11) is 1.52. The average Bonchev–Trinajstić information content (AvgIpc) is 3.34. The summed E-state index contributed by atoms with van der Waals surface area (Å²) in [5.41, 5.74) is 5.83. The Bertz CT molecular complexity index is 1160. The predicted octanol–water partition coefficient (Wildman–Crippen LogP) is 0.491. The summed E-state index contributed by atoms with van der Waals surface area (Å²) in [6.45, 7) is 0.0112. The Morgan fingerprint density at radius 1 is 1.09 bits per heavy atom. The molecule has 2 aromatic carbocycles. The lowest BCUT2D eigenvalue weighted by Gasteiger charge is -2.29. The van der Waals surface area contributed by atoms with Gasteiger partial charge in [0.2, 0.25) is 23.6 Å². The molecule has 1 spiro atoms. The highest BCUT2D eigenvalue weighted by atomic mass is 16.5. The third-order valence-corrected chi connectivity index (χ3v) is 6.66. The van der Waals surface area contributed by atoms with Gasteiger partial charge in [0.15, 0.2) is 0 Å². The predicted molar refractivity (Wildman–Crippen MR) is 113 cm³/mol. The zero-order chi connectivity index (χ0) is 22.6. The molecule has 2 aromatic rings. The fourth-order valence-electron chi connectivity index (χ4n) is 5.37. The number of para-hydroxylation sites is 2. The smallest absolute Gasteiger partial charge is 0.250 e. The molecule has 3 aliphatic heterocycles. The van der Waals surface area contributed by atoms with E-state index in [0.29, 0.717) is 22.6 Å². The summed E-state index contributed by atoms with van der Waals surface area (Å²) in [6.07, 6.45) is -0.167. The molecule has 4 N–H and O–H groups in total. The molecule has 9 nitrogen and oxygen atoms in total.